The fourth-order valence-corrected chi connectivity index (χ4v) is 2.96. The predicted molar refractivity (Wildman–Crippen MR) is 66.9 cm³/mol. The molecule has 1 N–H and O–H groups in total. The van der Waals surface area contributed by atoms with Crippen molar-refractivity contribution < 1.29 is 0 Å². The molecule has 0 saturated carbocycles. The van der Waals surface area contributed by atoms with Gasteiger partial charge in [-0.1, -0.05) is 13.0 Å². The molecular weight excluding hydrogens is 190 g/mol. The van der Waals surface area contributed by atoms with Crippen LogP contribution in [0.25, 0.3) is 0 Å². The standard InChI is InChI=1S/C12H23NS/c1-4-6-10(2)11(3)13-12-7-5-8-14-9-12/h4,10-13H,1,5-9H2,2-3H3. The maximum Gasteiger partial charge on any atom is 0.0161 e. The van der Waals surface area contributed by atoms with Crippen LogP contribution < -0.4 is 5.32 Å². The second-order valence-corrected chi connectivity index (χ2v) is 5.52. The molecule has 0 aromatic heterocycles. The van der Waals surface area contributed by atoms with Crippen molar-refractivity contribution in [3.05, 3.63) is 12.7 Å². The molecule has 1 fully saturated rings. The molecule has 0 radical (unpaired) electrons. The Bertz CT molecular complexity index is 164. The molecule has 0 amide bonds. The van der Waals surface area contributed by atoms with E-state index in [0.29, 0.717) is 12.0 Å². The maximum atomic E-state index is 3.80. The third-order valence-corrected chi connectivity index (χ3v) is 4.27. The first-order chi connectivity index (χ1) is 6.74. The summed E-state index contributed by atoms with van der Waals surface area (Å²) in [6.07, 6.45) is 5.88. The van der Waals surface area contributed by atoms with E-state index in [4.69, 9.17) is 0 Å². The van der Waals surface area contributed by atoms with Crippen molar-refractivity contribution >= 4 is 11.8 Å². The Morgan fingerprint density at radius 3 is 2.93 bits per heavy atom. The fourth-order valence-electron chi connectivity index (χ4n) is 1.88. The Balaban J connectivity index is 2.23. The molecule has 2 heteroatoms. The molecule has 3 atom stereocenters. The number of thioether (sulfide) groups is 1. The third-order valence-electron chi connectivity index (χ3n) is 3.05. The van der Waals surface area contributed by atoms with E-state index in [1.54, 1.807) is 0 Å². The third kappa shape index (κ3) is 4.05. The van der Waals surface area contributed by atoms with E-state index in [2.05, 4.69) is 37.5 Å². The van der Waals surface area contributed by atoms with Crippen LogP contribution in [-0.2, 0) is 0 Å². The van der Waals surface area contributed by atoms with Gasteiger partial charge in [0.1, 0.15) is 0 Å². The quantitative estimate of drug-likeness (QED) is 0.704. The average molecular weight is 213 g/mol. The SMILES string of the molecule is C=CCC(C)C(C)NC1CCCSC1. The van der Waals surface area contributed by atoms with Crippen LogP contribution in [-0.4, -0.2) is 23.6 Å². The van der Waals surface area contributed by atoms with Crippen LogP contribution in [0.3, 0.4) is 0 Å². The zero-order valence-corrected chi connectivity index (χ0v) is 10.3. The van der Waals surface area contributed by atoms with Gasteiger partial charge in [-0.3, -0.25) is 0 Å². The number of rotatable bonds is 5. The Labute approximate surface area is 92.7 Å². The van der Waals surface area contributed by atoms with E-state index in [-0.39, 0.29) is 0 Å². The predicted octanol–water partition coefficient (Wildman–Crippen LogP) is 3.07. The largest absolute Gasteiger partial charge is 0.310 e. The first kappa shape index (κ1) is 12.1. The number of hydrogen-bond acceptors (Lipinski definition) is 2. The van der Waals surface area contributed by atoms with Gasteiger partial charge in [0.25, 0.3) is 0 Å². The monoisotopic (exact) mass is 213 g/mol. The summed E-state index contributed by atoms with van der Waals surface area (Å²) < 4.78 is 0. The van der Waals surface area contributed by atoms with Crippen molar-refractivity contribution in [3.8, 4) is 0 Å². The van der Waals surface area contributed by atoms with Gasteiger partial charge < -0.3 is 5.32 Å². The Morgan fingerprint density at radius 2 is 2.36 bits per heavy atom. The second kappa shape index (κ2) is 6.52. The van der Waals surface area contributed by atoms with Crippen molar-refractivity contribution in [2.75, 3.05) is 11.5 Å². The van der Waals surface area contributed by atoms with Gasteiger partial charge in [-0.25, -0.2) is 0 Å². The lowest BCUT2D eigenvalue weighted by molar-refractivity contribution is 0.356. The minimum Gasteiger partial charge on any atom is -0.310 e. The van der Waals surface area contributed by atoms with Crippen LogP contribution in [0.15, 0.2) is 12.7 Å². The molecule has 0 aromatic rings. The minimum absolute atomic E-state index is 0.622. The van der Waals surface area contributed by atoms with E-state index < -0.39 is 0 Å². The summed E-state index contributed by atoms with van der Waals surface area (Å²) in [6, 6.07) is 1.37. The van der Waals surface area contributed by atoms with Gasteiger partial charge in [0.05, 0.1) is 0 Å². The highest BCUT2D eigenvalue weighted by Gasteiger charge is 2.18. The van der Waals surface area contributed by atoms with Crippen LogP contribution in [0.5, 0.6) is 0 Å². The summed E-state index contributed by atoms with van der Waals surface area (Å²) in [6.45, 7) is 8.40. The van der Waals surface area contributed by atoms with Gasteiger partial charge in [-0.2, -0.15) is 11.8 Å². The Hall–Kier alpha value is 0.0500. The van der Waals surface area contributed by atoms with Crippen molar-refractivity contribution in [3.63, 3.8) is 0 Å². The molecule has 0 aliphatic carbocycles. The molecule has 1 nitrogen and oxygen atoms in total. The van der Waals surface area contributed by atoms with E-state index in [1.807, 2.05) is 6.08 Å². The van der Waals surface area contributed by atoms with E-state index in [0.717, 1.165) is 12.5 Å². The van der Waals surface area contributed by atoms with Gasteiger partial charge in [0, 0.05) is 17.8 Å². The molecule has 0 aromatic carbocycles. The highest BCUT2D eigenvalue weighted by molar-refractivity contribution is 7.99. The van der Waals surface area contributed by atoms with Crippen molar-refractivity contribution in [1.82, 2.24) is 5.32 Å². The van der Waals surface area contributed by atoms with Crippen molar-refractivity contribution in [1.29, 1.82) is 0 Å². The molecule has 1 aliphatic rings. The maximum absolute atomic E-state index is 3.80. The molecule has 0 spiro atoms. The molecule has 3 unspecified atom stereocenters. The van der Waals surface area contributed by atoms with E-state index in [1.165, 1.54) is 24.3 Å². The van der Waals surface area contributed by atoms with E-state index >= 15 is 0 Å². The summed E-state index contributed by atoms with van der Waals surface area (Å²) in [5, 5.41) is 3.73. The lowest BCUT2D eigenvalue weighted by Gasteiger charge is -2.29. The second-order valence-electron chi connectivity index (χ2n) is 4.37. The highest BCUT2D eigenvalue weighted by Crippen LogP contribution is 2.19. The first-order valence-electron chi connectivity index (χ1n) is 5.68. The summed E-state index contributed by atoms with van der Waals surface area (Å²) in [5.74, 6) is 3.36. The first-order valence-corrected chi connectivity index (χ1v) is 6.84. The van der Waals surface area contributed by atoms with Gasteiger partial charge in [0.15, 0.2) is 0 Å². The van der Waals surface area contributed by atoms with Gasteiger partial charge in [-0.15, -0.1) is 6.58 Å². The van der Waals surface area contributed by atoms with Crippen LogP contribution >= 0.6 is 11.8 Å². The molecule has 1 rings (SSSR count). The van der Waals surface area contributed by atoms with Crippen molar-refractivity contribution in [2.45, 2.75) is 45.2 Å². The molecule has 1 aliphatic heterocycles. The summed E-state index contributed by atoms with van der Waals surface area (Å²) in [5.41, 5.74) is 0. The van der Waals surface area contributed by atoms with Gasteiger partial charge >= 0.3 is 0 Å². The fraction of sp³-hybridized carbons (Fsp3) is 0.833. The van der Waals surface area contributed by atoms with E-state index in [9.17, 15) is 0 Å². The molecule has 1 saturated heterocycles. The van der Waals surface area contributed by atoms with Crippen LogP contribution in [0.2, 0.25) is 0 Å². The molecule has 14 heavy (non-hydrogen) atoms. The van der Waals surface area contributed by atoms with Crippen LogP contribution in [0.4, 0.5) is 0 Å². The highest BCUT2D eigenvalue weighted by atomic mass is 32.2. The summed E-state index contributed by atoms with van der Waals surface area (Å²) >= 11 is 2.09. The van der Waals surface area contributed by atoms with Crippen LogP contribution in [0.1, 0.15) is 33.1 Å². The average Bonchev–Trinajstić information content (AvgIpc) is 2.19. The Kier molecular flexibility index (Phi) is 5.64. The summed E-state index contributed by atoms with van der Waals surface area (Å²) in [7, 11) is 0. The number of allylic oxidation sites excluding steroid dienone is 1. The molecular formula is C12H23NS. The molecule has 82 valence electrons. The summed E-state index contributed by atoms with van der Waals surface area (Å²) in [4.78, 5) is 0. The smallest absolute Gasteiger partial charge is 0.0161 e. The molecule has 1 heterocycles. The zero-order valence-electron chi connectivity index (χ0n) is 9.46. The normalized spacial score (nSPS) is 26.9. The Morgan fingerprint density at radius 1 is 1.57 bits per heavy atom. The van der Waals surface area contributed by atoms with Gasteiger partial charge in [-0.05, 0) is 37.9 Å². The molecule has 0 bridgehead atoms. The van der Waals surface area contributed by atoms with Gasteiger partial charge in [0.2, 0.25) is 0 Å². The van der Waals surface area contributed by atoms with Crippen LogP contribution in [0, 0.1) is 5.92 Å². The topological polar surface area (TPSA) is 12.0 Å². The lowest BCUT2D eigenvalue weighted by atomic mass is 9.98. The number of nitrogens with one attached hydrogen (secondary N) is 1. The minimum atomic E-state index is 0.622. The zero-order chi connectivity index (χ0) is 10.4. The lowest BCUT2D eigenvalue weighted by Crippen LogP contribution is -2.42. The number of hydrogen-bond donors (Lipinski definition) is 1. The van der Waals surface area contributed by atoms with Crippen molar-refractivity contribution in [2.24, 2.45) is 5.92 Å².